The van der Waals surface area contributed by atoms with E-state index < -0.39 is 0 Å². The fourth-order valence-corrected chi connectivity index (χ4v) is 4.46. The lowest BCUT2D eigenvalue weighted by molar-refractivity contribution is -0.115. The molecule has 4 aromatic rings. The molecule has 0 radical (unpaired) electrons. The third-order valence-electron chi connectivity index (χ3n) is 6.37. The van der Waals surface area contributed by atoms with Crippen LogP contribution in [0.3, 0.4) is 0 Å². The van der Waals surface area contributed by atoms with E-state index in [2.05, 4.69) is 16.4 Å². The molecule has 0 fully saturated rings. The van der Waals surface area contributed by atoms with Crippen LogP contribution < -0.4 is 24.3 Å². The molecule has 1 aliphatic rings. The van der Waals surface area contributed by atoms with Crippen LogP contribution in [0.2, 0.25) is 0 Å². The van der Waals surface area contributed by atoms with E-state index in [1.54, 1.807) is 14.2 Å². The van der Waals surface area contributed by atoms with Gasteiger partial charge in [0.2, 0.25) is 11.8 Å². The van der Waals surface area contributed by atoms with Crippen LogP contribution in [0.25, 0.3) is 11.3 Å². The van der Waals surface area contributed by atoms with Gasteiger partial charge in [0.1, 0.15) is 5.75 Å². The average Bonchev–Trinajstić information content (AvgIpc) is 3.41. The Hall–Kier alpha value is -4.52. The Labute approximate surface area is 222 Å². The van der Waals surface area contributed by atoms with Gasteiger partial charge in [-0.15, -0.1) is 0 Å². The topological polar surface area (TPSA) is 78.9 Å². The lowest BCUT2D eigenvalue weighted by atomic mass is 10.1. The lowest BCUT2D eigenvalue weighted by Crippen LogP contribution is -2.14. The van der Waals surface area contributed by atoms with Gasteiger partial charge in [-0.2, -0.15) is 0 Å². The number of benzene rings is 3. The summed E-state index contributed by atoms with van der Waals surface area (Å²) in [5.74, 6) is 2.78. The van der Waals surface area contributed by atoms with E-state index in [0.29, 0.717) is 43.4 Å². The number of amides is 1. The van der Waals surface area contributed by atoms with Crippen molar-refractivity contribution in [1.29, 1.82) is 0 Å². The molecule has 0 atom stereocenters. The Kier molecular flexibility index (Phi) is 7.73. The van der Waals surface area contributed by atoms with Gasteiger partial charge < -0.3 is 24.3 Å². The summed E-state index contributed by atoms with van der Waals surface area (Å²) in [7, 11) is 3.24. The van der Waals surface area contributed by atoms with E-state index in [9.17, 15) is 4.79 Å². The molecule has 194 valence electrons. The van der Waals surface area contributed by atoms with Crippen LogP contribution in [0.5, 0.6) is 23.1 Å². The van der Waals surface area contributed by atoms with Crippen molar-refractivity contribution < 1.29 is 23.7 Å². The first-order valence-corrected chi connectivity index (χ1v) is 12.6. The van der Waals surface area contributed by atoms with Crippen molar-refractivity contribution in [3.05, 3.63) is 95.6 Å². The number of fused-ring (bicyclic) bond motifs is 1. The maximum atomic E-state index is 12.7. The van der Waals surface area contributed by atoms with E-state index in [4.69, 9.17) is 18.9 Å². The second-order valence-corrected chi connectivity index (χ2v) is 9.00. The zero-order chi connectivity index (χ0) is 26.3. The molecular formula is C31H30N2O5. The van der Waals surface area contributed by atoms with Gasteiger partial charge in [-0.1, -0.05) is 36.4 Å². The summed E-state index contributed by atoms with van der Waals surface area (Å²) in [5, 5.41) is 3.00. The molecule has 3 aromatic carbocycles. The van der Waals surface area contributed by atoms with Crippen LogP contribution >= 0.6 is 0 Å². The minimum absolute atomic E-state index is 0.0683. The first kappa shape index (κ1) is 25.1. The summed E-state index contributed by atoms with van der Waals surface area (Å²) in [4.78, 5) is 17.4. The first-order valence-electron chi connectivity index (χ1n) is 12.6. The Morgan fingerprint density at radius 1 is 0.921 bits per heavy atom. The molecule has 0 unspecified atom stereocenters. The fraction of sp³-hybridized carbons (Fsp3) is 0.226. The highest BCUT2D eigenvalue weighted by Crippen LogP contribution is 2.29. The zero-order valence-electron chi connectivity index (χ0n) is 21.5. The van der Waals surface area contributed by atoms with E-state index in [1.165, 1.54) is 0 Å². The molecule has 1 aliphatic heterocycles. The van der Waals surface area contributed by atoms with E-state index in [-0.39, 0.29) is 5.91 Å². The van der Waals surface area contributed by atoms with Crippen molar-refractivity contribution in [1.82, 2.24) is 4.98 Å². The van der Waals surface area contributed by atoms with Crippen LogP contribution in [0, 0.1) is 0 Å². The first-order chi connectivity index (χ1) is 18.6. The minimum atomic E-state index is -0.0683. The Morgan fingerprint density at radius 2 is 1.76 bits per heavy atom. The minimum Gasteiger partial charge on any atom is -0.493 e. The standard InChI is InChI=1S/C31H30N2O5/c1-35-28-12-9-21(18-29(28)36-2)13-15-38-31-8-4-7-26(33-31)23-5-3-6-25(20-23)32-30(34)19-22-10-11-27-24(17-22)14-16-37-27/h3-12,17-18,20H,13-16,19H2,1-2H3,(H,32,34). The van der Waals surface area contributed by atoms with Crippen molar-refractivity contribution in [3.8, 4) is 34.4 Å². The fourth-order valence-electron chi connectivity index (χ4n) is 4.46. The second kappa shape index (κ2) is 11.7. The second-order valence-electron chi connectivity index (χ2n) is 9.00. The smallest absolute Gasteiger partial charge is 0.228 e. The third-order valence-corrected chi connectivity index (χ3v) is 6.37. The van der Waals surface area contributed by atoms with Gasteiger partial charge in [0.15, 0.2) is 11.5 Å². The van der Waals surface area contributed by atoms with Crippen LogP contribution in [0.15, 0.2) is 78.9 Å². The number of carbonyl (C=O) groups is 1. The number of nitrogens with zero attached hydrogens (tertiary/aromatic N) is 1. The summed E-state index contributed by atoms with van der Waals surface area (Å²) in [5.41, 5.74) is 5.59. The molecule has 0 spiro atoms. The summed E-state index contributed by atoms with van der Waals surface area (Å²) in [6.07, 6.45) is 1.89. The zero-order valence-corrected chi connectivity index (χ0v) is 21.5. The molecule has 5 rings (SSSR count). The van der Waals surface area contributed by atoms with Gasteiger partial charge in [-0.3, -0.25) is 4.79 Å². The Morgan fingerprint density at radius 3 is 2.63 bits per heavy atom. The quantitative estimate of drug-likeness (QED) is 0.303. The number of ether oxygens (including phenoxy) is 4. The molecule has 1 N–H and O–H groups in total. The predicted molar refractivity (Wildman–Crippen MR) is 146 cm³/mol. The molecule has 38 heavy (non-hydrogen) atoms. The third kappa shape index (κ3) is 6.06. The predicted octanol–water partition coefficient (Wildman–Crippen LogP) is 5.50. The number of hydrogen-bond acceptors (Lipinski definition) is 6. The van der Waals surface area contributed by atoms with Gasteiger partial charge in [0, 0.05) is 30.2 Å². The number of aromatic nitrogens is 1. The monoisotopic (exact) mass is 510 g/mol. The molecule has 0 aliphatic carbocycles. The number of nitrogens with one attached hydrogen (secondary N) is 1. The highest BCUT2D eigenvalue weighted by atomic mass is 16.5. The van der Waals surface area contributed by atoms with Crippen molar-refractivity contribution in [2.75, 3.05) is 32.8 Å². The molecule has 1 amide bonds. The summed E-state index contributed by atoms with van der Waals surface area (Å²) >= 11 is 0. The summed E-state index contributed by atoms with van der Waals surface area (Å²) < 4.78 is 22.2. The van der Waals surface area contributed by atoms with Crippen molar-refractivity contribution in [2.45, 2.75) is 19.3 Å². The lowest BCUT2D eigenvalue weighted by Gasteiger charge is -2.11. The van der Waals surface area contributed by atoms with E-state index >= 15 is 0 Å². The molecule has 0 bridgehead atoms. The van der Waals surface area contributed by atoms with E-state index in [0.717, 1.165) is 45.8 Å². The highest BCUT2D eigenvalue weighted by Gasteiger charge is 2.14. The van der Waals surface area contributed by atoms with Crippen LogP contribution in [0.1, 0.15) is 16.7 Å². The normalized spacial score (nSPS) is 11.8. The van der Waals surface area contributed by atoms with Gasteiger partial charge >= 0.3 is 0 Å². The average molecular weight is 511 g/mol. The number of carbonyl (C=O) groups excluding carboxylic acids is 1. The highest BCUT2D eigenvalue weighted by molar-refractivity contribution is 5.93. The summed E-state index contributed by atoms with van der Waals surface area (Å²) in [6, 6.07) is 25.1. The van der Waals surface area contributed by atoms with Crippen LogP contribution in [-0.4, -0.2) is 38.3 Å². The molecule has 7 heteroatoms. The van der Waals surface area contributed by atoms with Crippen LogP contribution in [-0.2, 0) is 24.1 Å². The number of pyridine rings is 1. The number of rotatable bonds is 10. The number of anilines is 1. The van der Waals surface area contributed by atoms with E-state index in [1.807, 2.05) is 72.8 Å². The SMILES string of the molecule is COc1ccc(CCOc2cccc(-c3cccc(NC(=O)Cc4ccc5c(c4)CCO5)c3)n2)cc1OC. The van der Waals surface area contributed by atoms with Gasteiger partial charge in [-0.25, -0.2) is 4.98 Å². The summed E-state index contributed by atoms with van der Waals surface area (Å²) in [6.45, 7) is 1.17. The maximum absolute atomic E-state index is 12.7. The largest absolute Gasteiger partial charge is 0.493 e. The van der Waals surface area contributed by atoms with Gasteiger partial charge in [0.05, 0.1) is 39.5 Å². The molecule has 2 heterocycles. The molecular weight excluding hydrogens is 480 g/mol. The van der Waals surface area contributed by atoms with Crippen LogP contribution in [0.4, 0.5) is 5.69 Å². The molecule has 1 aromatic heterocycles. The van der Waals surface area contributed by atoms with Crippen molar-refractivity contribution in [2.24, 2.45) is 0 Å². The Bertz CT molecular complexity index is 1440. The Balaban J connectivity index is 1.19. The molecule has 7 nitrogen and oxygen atoms in total. The molecule has 0 saturated heterocycles. The maximum Gasteiger partial charge on any atom is 0.228 e. The van der Waals surface area contributed by atoms with Gasteiger partial charge in [-0.05, 0) is 53.1 Å². The number of hydrogen-bond donors (Lipinski definition) is 1. The van der Waals surface area contributed by atoms with Crippen molar-refractivity contribution in [3.63, 3.8) is 0 Å². The van der Waals surface area contributed by atoms with Gasteiger partial charge in [0.25, 0.3) is 0 Å². The number of methoxy groups -OCH3 is 2. The van der Waals surface area contributed by atoms with Crippen molar-refractivity contribution >= 4 is 11.6 Å². The molecule has 0 saturated carbocycles.